The van der Waals surface area contributed by atoms with Crippen LogP contribution in [-0.2, 0) is 4.57 Å². The van der Waals surface area contributed by atoms with E-state index < -0.39 is 7.14 Å². The topological polar surface area (TPSA) is 29.1 Å². The quantitative estimate of drug-likeness (QED) is 0.258. The van der Waals surface area contributed by atoms with Crippen LogP contribution in [0.3, 0.4) is 0 Å². The minimum absolute atomic E-state index is 0.0561. The standard InChI is InChI=1S/C33H27FNOP/c34-26-21-19-25(20-22-26)31-23-30(24-11-4-1-5-12-24)29-17-10-18-32(33(29)35-31)37(36,27-13-6-2-7-14-27)28-15-8-3-9-16-28/h1-22,30-31,35H,23H2/t30-,31+/m1/s1. The van der Waals surface area contributed by atoms with Gasteiger partial charge >= 0.3 is 0 Å². The lowest BCUT2D eigenvalue weighted by Crippen LogP contribution is -2.32. The molecule has 1 heterocycles. The summed E-state index contributed by atoms with van der Waals surface area (Å²) >= 11 is 0. The van der Waals surface area contributed by atoms with Crippen molar-refractivity contribution < 1.29 is 8.96 Å². The molecule has 0 saturated carbocycles. The third-order valence-corrected chi connectivity index (χ3v) is 10.4. The molecule has 0 amide bonds. The summed E-state index contributed by atoms with van der Waals surface area (Å²) in [6, 6.07) is 42.8. The fraction of sp³-hybridized carbons (Fsp3) is 0.0909. The second kappa shape index (κ2) is 9.84. The molecule has 0 bridgehead atoms. The number of hydrogen-bond donors (Lipinski definition) is 1. The summed E-state index contributed by atoms with van der Waals surface area (Å²) in [7, 11) is -3.20. The van der Waals surface area contributed by atoms with Crippen LogP contribution >= 0.6 is 7.14 Å². The first-order valence-electron chi connectivity index (χ1n) is 12.6. The Morgan fingerprint density at radius 1 is 0.622 bits per heavy atom. The van der Waals surface area contributed by atoms with Crippen LogP contribution in [0.25, 0.3) is 0 Å². The van der Waals surface area contributed by atoms with Crippen molar-refractivity contribution in [2.45, 2.75) is 18.4 Å². The lowest BCUT2D eigenvalue weighted by Gasteiger charge is -2.36. The zero-order valence-corrected chi connectivity index (χ0v) is 21.2. The van der Waals surface area contributed by atoms with Gasteiger partial charge in [-0.15, -0.1) is 0 Å². The van der Waals surface area contributed by atoms with Gasteiger partial charge in [0.15, 0.2) is 7.14 Å². The lowest BCUT2D eigenvalue weighted by molar-refractivity contribution is 0.590. The number of fused-ring (bicyclic) bond motifs is 1. The Kier molecular flexibility index (Phi) is 6.24. The zero-order valence-electron chi connectivity index (χ0n) is 20.3. The van der Waals surface area contributed by atoms with Crippen LogP contribution in [0.4, 0.5) is 10.1 Å². The fourth-order valence-electron chi connectivity index (χ4n) is 5.48. The van der Waals surface area contributed by atoms with Crippen molar-refractivity contribution in [2.75, 3.05) is 5.32 Å². The summed E-state index contributed by atoms with van der Waals surface area (Å²) in [4.78, 5) is 0. The van der Waals surface area contributed by atoms with Gasteiger partial charge in [-0.05, 0) is 41.3 Å². The number of hydrogen-bond acceptors (Lipinski definition) is 2. The number of para-hydroxylation sites is 1. The van der Waals surface area contributed by atoms with Gasteiger partial charge in [0.25, 0.3) is 0 Å². The third-order valence-electron chi connectivity index (χ3n) is 7.29. The third kappa shape index (κ3) is 4.30. The second-order valence-corrected chi connectivity index (χ2v) is 12.2. The van der Waals surface area contributed by atoms with Crippen LogP contribution in [-0.4, -0.2) is 0 Å². The molecule has 0 aliphatic carbocycles. The Balaban J connectivity index is 1.59. The fourth-order valence-corrected chi connectivity index (χ4v) is 8.32. The number of nitrogens with one attached hydrogen (secondary N) is 1. The van der Waals surface area contributed by atoms with E-state index in [0.717, 1.165) is 39.1 Å². The SMILES string of the molecule is O=P(c1ccccc1)(c1ccccc1)c1cccc2c1N[C@H](c1ccc(F)cc1)C[C@@H]2c1ccccc1. The Bertz CT molecular complexity index is 1510. The van der Waals surface area contributed by atoms with Gasteiger partial charge in [0.1, 0.15) is 5.82 Å². The Hall–Kier alpha value is -3.94. The summed E-state index contributed by atoms with van der Waals surface area (Å²) < 4.78 is 29.1. The normalized spacial score (nSPS) is 17.0. The predicted molar refractivity (Wildman–Crippen MR) is 152 cm³/mol. The van der Waals surface area contributed by atoms with Gasteiger partial charge in [0.2, 0.25) is 0 Å². The van der Waals surface area contributed by atoms with E-state index in [2.05, 4.69) is 35.6 Å². The van der Waals surface area contributed by atoms with E-state index in [0.29, 0.717) is 0 Å². The van der Waals surface area contributed by atoms with E-state index in [1.807, 2.05) is 91.0 Å². The molecular formula is C33H27FNOP. The molecule has 0 radical (unpaired) electrons. The van der Waals surface area contributed by atoms with Crippen LogP contribution < -0.4 is 21.2 Å². The van der Waals surface area contributed by atoms with Crippen LogP contribution in [0.2, 0.25) is 0 Å². The van der Waals surface area contributed by atoms with Crippen molar-refractivity contribution in [3.63, 3.8) is 0 Å². The van der Waals surface area contributed by atoms with Crippen molar-refractivity contribution in [3.05, 3.63) is 156 Å². The maximum absolute atomic E-state index is 15.3. The minimum Gasteiger partial charge on any atom is -0.377 e. The van der Waals surface area contributed by atoms with Crippen LogP contribution in [0, 0.1) is 5.82 Å². The van der Waals surface area contributed by atoms with Crippen molar-refractivity contribution in [1.82, 2.24) is 0 Å². The van der Waals surface area contributed by atoms with Gasteiger partial charge in [-0.3, -0.25) is 0 Å². The first-order chi connectivity index (χ1) is 18.1. The van der Waals surface area contributed by atoms with E-state index in [9.17, 15) is 4.39 Å². The van der Waals surface area contributed by atoms with E-state index in [4.69, 9.17) is 0 Å². The summed E-state index contributed by atoms with van der Waals surface area (Å²) in [6.07, 6.45) is 0.813. The molecule has 0 fully saturated rings. The molecule has 37 heavy (non-hydrogen) atoms. The highest BCUT2D eigenvalue weighted by atomic mass is 31.2. The van der Waals surface area contributed by atoms with Crippen molar-refractivity contribution in [1.29, 1.82) is 0 Å². The molecule has 1 aliphatic heterocycles. The van der Waals surface area contributed by atoms with Crippen LogP contribution in [0.1, 0.15) is 35.1 Å². The molecule has 0 unspecified atom stereocenters. The summed E-state index contributed by atoms with van der Waals surface area (Å²) in [6.45, 7) is 0. The van der Waals surface area contributed by atoms with Crippen molar-refractivity contribution >= 4 is 28.7 Å². The smallest absolute Gasteiger partial charge is 0.173 e. The number of anilines is 1. The average molecular weight is 504 g/mol. The molecule has 6 rings (SSSR count). The molecule has 1 aliphatic rings. The predicted octanol–water partition coefficient (Wildman–Crippen LogP) is 7.15. The molecule has 0 aromatic heterocycles. The van der Waals surface area contributed by atoms with E-state index >= 15 is 4.57 Å². The molecule has 2 atom stereocenters. The maximum Gasteiger partial charge on any atom is 0.173 e. The molecule has 182 valence electrons. The molecule has 5 aromatic carbocycles. The van der Waals surface area contributed by atoms with Gasteiger partial charge in [-0.1, -0.05) is 115 Å². The summed E-state index contributed by atoms with van der Waals surface area (Å²) in [5.41, 5.74) is 4.27. The van der Waals surface area contributed by atoms with Crippen LogP contribution in [0.5, 0.6) is 0 Å². The minimum atomic E-state index is -3.20. The van der Waals surface area contributed by atoms with Crippen LogP contribution in [0.15, 0.2) is 133 Å². The second-order valence-electron chi connectivity index (χ2n) is 9.47. The first-order valence-corrected chi connectivity index (χ1v) is 14.3. The van der Waals surface area contributed by atoms with E-state index in [1.54, 1.807) is 0 Å². The molecule has 1 N–H and O–H groups in total. The van der Waals surface area contributed by atoms with E-state index in [-0.39, 0.29) is 17.8 Å². The Labute approximate surface area is 217 Å². The summed E-state index contributed by atoms with van der Waals surface area (Å²) in [5, 5.41) is 6.16. The van der Waals surface area contributed by atoms with Gasteiger partial charge in [-0.2, -0.15) is 0 Å². The largest absolute Gasteiger partial charge is 0.377 e. The maximum atomic E-state index is 15.3. The molecule has 2 nitrogen and oxygen atoms in total. The number of halogens is 1. The summed E-state index contributed by atoms with van der Waals surface area (Å²) in [5.74, 6) is -0.148. The molecule has 4 heteroatoms. The molecule has 5 aromatic rings. The molecule has 0 saturated heterocycles. The van der Waals surface area contributed by atoms with Crippen molar-refractivity contribution in [2.24, 2.45) is 0 Å². The zero-order chi connectivity index (χ0) is 25.2. The van der Waals surface area contributed by atoms with Gasteiger partial charge in [0.05, 0.1) is 6.04 Å². The first kappa shape index (κ1) is 23.5. The monoisotopic (exact) mass is 503 g/mol. The van der Waals surface area contributed by atoms with Gasteiger partial charge < -0.3 is 9.88 Å². The highest BCUT2D eigenvalue weighted by Gasteiger charge is 2.37. The van der Waals surface area contributed by atoms with E-state index in [1.165, 1.54) is 17.7 Å². The Morgan fingerprint density at radius 2 is 1.19 bits per heavy atom. The number of benzene rings is 5. The molecule has 0 spiro atoms. The Morgan fingerprint density at radius 3 is 1.78 bits per heavy atom. The highest BCUT2D eigenvalue weighted by Crippen LogP contribution is 2.50. The average Bonchev–Trinajstić information content (AvgIpc) is 2.97. The number of rotatable bonds is 5. The molecular weight excluding hydrogens is 476 g/mol. The highest BCUT2D eigenvalue weighted by molar-refractivity contribution is 7.85. The lowest BCUT2D eigenvalue weighted by atomic mass is 9.80. The van der Waals surface area contributed by atoms with Gasteiger partial charge in [0, 0.05) is 27.5 Å². The van der Waals surface area contributed by atoms with Gasteiger partial charge in [-0.25, -0.2) is 4.39 Å². The van der Waals surface area contributed by atoms with Crippen molar-refractivity contribution in [3.8, 4) is 0 Å².